The van der Waals surface area contributed by atoms with Gasteiger partial charge in [-0.05, 0) is 0 Å². The molecule has 6 atom stereocenters. The summed E-state index contributed by atoms with van der Waals surface area (Å²) < 4.78 is 12.0. The van der Waals surface area contributed by atoms with Gasteiger partial charge in [0.1, 0.15) is 0 Å². The van der Waals surface area contributed by atoms with Crippen molar-refractivity contribution in [3.05, 3.63) is 71.8 Å². The van der Waals surface area contributed by atoms with Crippen LogP contribution in [0.5, 0.6) is 0 Å². The van der Waals surface area contributed by atoms with E-state index in [0.29, 0.717) is 26.1 Å². The Hall–Kier alpha value is -2.74. The van der Waals surface area contributed by atoms with E-state index >= 15 is 0 Å². The number of hydrogen-bond donors (Lipinski definition) is 1. The zero-order valence-corrected chi connectivity index (χ0v) is 17.1. The quantitative estimate of drug-likeness (QED) is 0.821. The van der Waals surface area contributed by atoms with E-state index < -0.39 is 0 Å². The number of fused-ring (bicyclic) bond motifs is 2. The molecule has 6 rings (SSSR count). The molecule has 2 aromatic carbocycles. The highest BCUT2D eigenvalue weighted by Gasteiger charge is 2.53. The number of amides is 2. The number of nitrogens with one attached hydrogen (secondary N) is 1. The lowest BCUT2D eigenvalue weighted by molar-refractivity contribution is -0.134. The Morgan fingerprint density at radius 2 is 1.10 bits per heavy atom. The summed E-state index contributed by atoms with van der Waals surface area (Å²) in [4.78, 5) is 29.5. The van der Waals surface area contributed by atoms with E-state index in [4.69, 9.17) is 9.47 Å². The molecule has 0 aliphatic carbocycles. The van der Waals surface area contributed by atoms with Gasteiger partial charge < -0.3 is 24.6 Å². The van der Waals surface area contributed by atoms with Crippen molar-refractivity contribution in [1.29, 1.82) is 0 Å². The number of carbonyl (C=O) groups is 2. The highest BCUT2D eigenvalue weighted by molar-refractivity contribution is 5.82. The minimum absolute atomic E-state index is 0.0194. The fourth-order valence-electron chi connectivity index (χ4n) is 5.52. The Bertz CT molecular complexity index is 905. The van der Waals surface area contributed by atoms with Gasteiger partial charge in [0.05, 0.1) is 25.3 Å². The molecule has 0 saturated carbocycles. The van der Waals surface area contributed by atoms with Crippen molar-refractivity contribution in [2.24, 2.45) is 0 Å². The molecule has 4 aliphatic rings. The molecule has 160 valence electrons. The maximum absolute atomic E-state index is 12.9. The maximum Gasteiger partial charge on any atom is 0.226 e. The molecule has 2 aromatic rings. The van der Waals surface area contributed by atoms with Gasteiger partial charge in [-0.2, -0.15) is 0 Å². The standard InChI is InChI=1S/C24H25N3O4/c28-21-11-17(19-13-30-23(26(19)21)15-7-3-1-4-8-15)25-18-12-22(29)27-20(18)14-31-24(27)16-9-5-2-6-10-16/h1-10,17-20,23-25H,11-14H2/t17-,18-,19+,20+,23+,24+/m0/s1. The molecule has 2 amide bonds. The lowest BCUT2D eigenvalue weighted by atomic mass is 10.0. The number of nitrogens with zero attached hydrogens (tertiary/aromatic N) is 2. The first kappa shape index (κ1) is 19.0. The van der Waals surface area contributed by atoms with E-state index in [1.807, 2.05) is 70.5 Å². The van der Waals surface area contributed by atoms with E-state index in [2.05, 4.69) is 5.32 Å². The Labute approximate surface area is 180 Å². The molecule has 4 heterocycles. The highest BCUT2D eigenvalue weighted by atomic mass is 16.5. The molecule has 7 heteroatoms. The summed E-state index contributed by atoms with van der Waals surface area (Å²) in [6.07, 6.45) is 0.198. The van der Waals surface area contributed by atoms with Crippen LogP contribution in [0.15, 0.2) is 60.7 Å². The average molecular weight is 419 g/mol. The Morgan fingerprint density at radius 1 is 0.677 bits per heavy atom. The van der Waals surface area contributed by atoms with E-state index in [1.165, 1.54) is 0 Å². The van der Waals surface area contributed by atoms with Crippen molar-refractivity contribution >= 4 is 11.8 Å². The second-order valence-electron chi connectivity index (χ2n) is 8.72. The molecule has 4 saturated heterocycles. The maximum atomic E-state index is 12.9. The first-order valence-corrected chi connectivity index (χ1v) is 10.9. The summed E-state index contributed by atoms with van der Waals surface area (Å²) in [6.45, 7) is 1.00. The van der Waals surface area contributed by atoms with E-state index in [-0.39, 0.29) is 48.4 Å². The van der Waals surface area contributed by atoms with Gasteiger partial charge >= 0.3 is 0 Å². The van der Waals surface area contributed by atoms with Crippen LogP contribution in [-0.4, -0.2) is 59.0 Å². The topological polar surface area (TPSA) is 71.1 Å². The van der Waals surface area contributed by atoms with Crippen molar-refractivity contribution in [1.82, 2.24) is 15.1 Å². The zero-order valence-electron chi connectivity index (χ0n) is 17.1. The van der Waals surface area contributed by atoms with Gasteiger partial charge in [0.15, 0.2) is 12.5 Å². The summed E-state index contributed by atoms with van der Waals surface area (Å²) in [5, 5.41) is 3.64. The van der Waals surface area contributed by atoms with Crippen LogP contribution in [0.2, 0.25) is 0 Å². The molecule has 0 spiro atoms. The van der Waals surface area contributed by atoms with E-state index in [1.54, 1.807) is 0 Å². The van der Waals surface area contributed by atoms with Gasteiger partial charge in [-0.1, -0.05) is 60.7 Å². The van der Waals surface area contributed by atoms with Gasteiger partial charge in [0.2, 0.25) is 11.8 Å². The van der Waals surface area contributed by atoms with Gasteiger partial charge in [0.25, 0.3) is 0 Å². The second-order valence-corrected chi connectivity index (χ2v) is 8.72. The lowest BCUT2D eigenvalue weighted by Gasteiger charge is -2.27. The molecule has 7 nitrogen and oxygen atoms in total. The van der Waals surface area contributed by atoms with Gasteiger partial charge in [-0.15, -0.1) is 0 Å². The average Bonchev–Trinajstić information content (AvgIpc) is 3.55. The Balaban J connectivity index is 1.18. The van der Waals surface area contributed by atoms with Crippen LogP contribution in [0.25, 0.3) is 0 Å². The lowest BCUT2D eigenvalue weighted by Crippen LogP contribution is -2.50. The minimum atomic E-state index is -0.329. The number of benzene rings is 2. The SMILES string of the molecule is O=C1C[C@H](N[C@H]2CC(=O)N3[C@@H](c4ccccc4)OC[C@H]23)[C@H]2CO[C@H](c3ccccc3)N12. The Kier molecular flexibility index (Phi) is 4.56. The second kappa shape index (κ2) is 7.44. The van der Waals surface area contributed by atoms with Crippen LogP contribution in [0.1, 0.15) is 36.4 Å². The van der Waals surface area contributed by atoms with Crippen LogP contribution in [-0.2, 0) is 19.1 Å². The van der Waals surface area contributed by atoms with Crippen LogP contribution < -0.4 is 5.32 Å². The van der Waals surface area contributed by atoms with Crippen molar-refractivity contribution < 1.29 is 19.1 Å². The van der Waals surface area contributed by atoms with Crippen molar-refractivity contribution in [2.45, 2.75) is 49.5 Å². The molecular formula is C24H25N3O4. The minimum Gasteiger partial charge on any atom is -0.352 e. The predicted molar refractivity (Wildman–Crippen MR) is 111 cm³/mol. The first-order valence-electron chi connectivity index (χ1n) is 10.9. The third kappa shape index (κ3) is 3.07. The van der Waals surface area contributed by atoms with Gasteiger partial charge in [-0.25, -0.2) is 0 Å². The molecule has 4 aliphatic heterocycles. The summed E-state index contributed by atoms with van der Waals surface area (Å²) in [5.41, 5.74) is 1.99. The number of hydrogen-bond acceptors (Lipinski definition) is 5. The highest BCUT2D eigenvalue weighted by Crippen LogP contribution is 2.40. The normalized spacial score (nSPS) is 34.5. The first-order chi connectivity index (χ1) is 15.2. The molecule has 0 radical (unpaired) electrons. The summed E-state index contributed by atoms with van der Waals surface area (Å²) >= 11 is 0. The van der Waals surface area contributed by atoms with Crippen LogP contribution in [0.3, 0.4) is 0 Å². The smallest absolute Gasteiger partial charge is 0.226 e. The van der Waals surface area contributed by atoms with Crippen molar-refractivity contribution in [3.63, 3.8) is 0 Å². The van der Waals surface area contributed by atoms with Crippen LogP contribution >= 0.6 is 0 Å². The molecule has 1 N–H and O–H groups in total. The van der Waals surface area contributed by atoms with Crippen molar-refractivity contribution in [3.8, 4) is 0 Å². The fourth-order valence-corrected chi connectivity index (χ4v) is 5.52. The number of ether oxygens (including phenoxy) is 2. The van der Waals surface area contributed by atoms with Gasteiger partial charge in [0, 0.05) is 36.1 Å². The van der Waals surface area contributed by atoms with Crippen molar-refractivity contribution in [2.75, 3.05) is 13.2 Å². The Morgan fingerprint density at radius 3 is 1.52 bits per heavy atom. The largest absolute Gasteiger partial charge is 0.352 e. The fraction of sp³-hybridized carbons (Fsp3) is 0.417. The zero-order chi connectivity index (χ0) is 20.9. The van der Waals surface area contributed by atoms with E-state index in [9.17, 15) is 9.59 Å². The van der Waals surface area contributed by atoms with Crippen LogP contribution in [0, 0.1) is 0 Å². The predicted octanol–water partition coefficient (Wildman–Crippen LogP) is 1.97. The summed E-state index contributed by atoms with van der Waals surface area (Å²) in [5.74, 6) is 0.194. The molecule has 31 heavy (non-hydrogen) atoms. The number of rotatable bonds is 4. The third-order valence-corrected chi connectivity index (χ3v) is 6.96. The molecule has 0 unspecified atom stereocenters. The summed E-state index contributed by atoms with van der Waals surface area (Å²) in [6, 6.07) is 19.6. The van der Waals surface area contributed by atoms with Gasteiger partial charge in [-0.3, -0.25) is 9.59 Å². The molecular weight excluding hydrogens is 394 g/mol. The number of carbonyl (C=O) groups excluding carboxylic acids is 2. The third-order valence-electron chi connectivity index (χ3n) is 6.96. The van der Waals surface area contributed by atoms with E-state index in [0.717, 1.165) is 11.1 Å². The summed E-state index contributed by atoms with van der Waals surface area (Å²) in [7, 11) is 0. The monoisotopic (exact) mass is 419 g/mol. The van der Waals surface area contributed by atoms with Crippen LogP contribution in [0.4, 0.5) is 0 Å². The molecule has 0 bridgehead atoms. The molecule has 4 fully saturated rings. The molecule has 0 aromatic heterocycles.